The van der Waals surface area contributed by atoms with Crippen molar-refractivity contribution in [3.63, 3.8) is 0 Å². The van der Waals surface area contributed by atoms with Crippen molar-refractivity contribution in [1.29, 1.82) is 0 Å². The normalized spacial score (nSPS) is 17.5. The van der Waals surface area contributed by atoms with Gasteiger partial charge in [-0.25, -0.2) is 12.8 Å². The van der Waals surface area contributed by atoms with Gasteiger partial charge >= 0.3 is 5.97 Å². The van der Waals surface area contributed by atoms with Crippen LogP contribution in [-0.4, -0.2) is 35.7 Å². The Morgan fingerprint density at radius 3 is 2.58 bits per heavy atom. The highest BCUT2D eigenvalue weighted by Crippen LogP contribution is 2.42. The van der Waals surface area contributed by atoms with Crippen molar-refractivity contribution in [2.45, 2.75) is 76.1 Å². The smallest absolute Gasteiger partial charge is 0.304 e. The minimum Gasteiger partial charge on any atom is -0.481 e. The van der Waals surface area contributed by atoms with E-state index in [9.17, 15) is 22.7 Å². The van der Waals surface area contributed by atoms with E-state index in [-0.39, 0.29) is 22.6 Å². The second-order valence-electron chi connectivity index (χ2n) is 8.10. The number of rotatable bonds is 7. The van der Waals surface area contributed by atoms with E-state index < -0.39 is 21.6 Å². The molecule has 2 aromatic rings. The number of benzene rings is 1. The van der Waals surface area contributed by atoms with Gasteiger partial charge in [-0.15, -0.1) is 11.6 Å². The standard InChI is InChI=1S/C23H27ClFNO4S.C2H6/c1-4-15(8-7-14(2)24)10-18-22-19(12-17(25)13-20(22)31(3,29)30)26-9-5-6-16(23(18)26)11-21(27)28;1-2/h4,7-8,12-14,16H,5-6,9-11H2,1-3H3,(H,27,28);1-2H3/b8-7-,15-4+;. The number of carboxylic acids is 1. The van der Waals surface area contributed by atoms with Crippen LogP contribution >= 0.6 is 11.6 Å². The summed E-state index contributed by atoms with van der Waals surface area (Å²) in [6.45, 7) is 8.32. The van der Waals surface area contributed by atoms with Gasteiger partial charge in [0.05, 0.1) is 16.8 Å². The third-order valence-electron chi connectivity index (χ3n) is 5.71. The molecule has 1 aromatic heterocycles. The van der Waals surface area contributed by atoms with Crippen molar-refractivity contribution in [3.8, 4) is 0 Å². The van der Waals surface area contributed by atoms with Gasteiger partial charge in [-0.3, -0.25) is 4.79 Å². The Balaban J connectivity index is 0.00000187. The number of hydrogen-bond acceptors (Lipinski definition) is 3. The maximum atomic E-state index is 14.4. The van der Waals surface area contributed by atoms with Gasteiger partial charge in [-0.05, 0) is 56.4 Å². The van der Waals surface area contributed by atoms with E-state index in [1.54, 1.807) is 0 Å². The maximum Gasteiger partial charge on any atom is 0.304 e. The second-order valence-corrected chi connectivity index (χ2v) is 10.8. The van der Waals surface area contributed by atoms with Gasteiger partial charge in [0.2, 0.25) is 0 Å². The number of sulfone groups is 1. The summed E-state index contributed by atoms with van der Waals surface area (Å²) in [7, 11) is -3.71. The summed E-state index contributed by atoms with van der Waals surface area (Å²) in [5.41, 5.74) is 2.98. The number of fused-ring (bicyclic) bond motifs is 3. The Hall–Kier alpha value is -2.12. The molecule has 0 spiro atoms. The SMILES string of the molecule is C/C=C(\C=C/C(C)Cl)Cc1c2n(c3cc(F)cc(S(C)(=O)=O)c13)CCCC2CC(=O)O.CC. The monoisotopic (exact) mass is 497 g/mol. The van der Waals surface area contributed by atoms with Gasteiger partial charge in [0, 0.05) is 35.2 Å². The van der Waals surface area contributed by atoms with Gasteiger partial charge in [-0.2, -0.15) is 0 Å². The number of aryl methyl sites for hydroxylation is 1. The van der Waals surface area contributed by atoms with Crippen LogP contribution in [0.15, 0.2) is 40.8 Å². The average molecular weight is 498 g/mol. The van der Waals surface area contributed by atoms with E-state index in [0.29, 0.717) is 30.3 Å². The molecule has 5 nitrogen and oxygen atoms in total. The lowest BCUT2D eigenvalue weighted by molar-refractivity contribution is -0.137. The van der Waals surface area contributed by atoms with Crippen LogP contribution in [0.2, 0.25) is 0 Å². The first-order chi connectivity index (χ1) is 15.5. The van der Waals surface area contributed by atoms with Gasteiger partial charge < -0.3 is 9.67 Å². The Morgan fingerprint density at radius 1 is 1.36 bits per heavy atom. The highest BCUT2D eigenvalue weighted by molar-refractivity contribution is 7.91. The summed E-state index contributed by atoms with van der Waals surface area (Å²) < 4.78 is 41.5. The predicted octanol–water partition coefficient (Wildman–Crippen LogP) is 6.23. The first-order valence-corrected chi connectivity index (χ1v) is 13.6. The van der Waals surface area contributed by atoms with Gasteiger partial charge in [0.25, 0.3) is 0 Å². The summed E-state index contributed by atoms with van der Waals surface area (Å²) in [5, 5.41) is 9.77. The van der Waals surface area contributed by atoms with Crippen LogP contribution in [0.25, 0.3) is 10.9 Å². The van der Waals surface area contributed by atoms with E-state index in [1.807, 2.05) is 50.5 Å². The molecule has 1 aliphatic rings. The zero-order valence-electron chi connectivity index (χ0n) is 19.9. The molecular formula is C25H33ClFNO4S. The molecule has 2 heterocycles. The Bertz CT molecular complexity index is 1180. The zero-order chi connectivity index (χ0) is 24.9. The fourth-order valence-electron chi connectivity index (χ4n) is 4.44. The van der Waals surface area contributed by atoms with E-state index in [0.717, 1.165) is 35.6 Å². The van der Waals surface area contributed by atoms with Crippen molar-refractivity contribution in [2.24, 2.45) is 0 Å². The molecule has 2 unspecified atom stereocenters. The third-order valence-corrected chi connectivity index (χ3v) is 6.97. The number of allylic oxidation sites excluding steroid dienone is 4. The van der Waals surface area contributed by atoms with E-state index >= 15 is 0 Å². The number of nitrogens with zero attached hydrogens (tertiary/aromatic N) is 1. The van der Waals surface area contributed by atoms with Crippen molar-refractivity contribution in [1.82, 2.24) is 4.57 Å². The fourth-order valence-corrected chi connectivity index (χ4v) is 5.44. The molecule has 0 aliphatic carbocycles. The molecule has 0 saturated heterocycles. The van der Waals surface area contributed by atoms with Crippen LogP contribution in [0, 0.1) is 5.82 Å². The minimum absolute atomic E-state index is 0.0558. The highest BCUT2D eigenvalue weighted by Gasteiger charge is 2.31. The van der Waals surface area contributed by atoms with Crippen LogP contribution < -0.4 is 0 Å². The molecule has 3 rings (SSSR count). The topological polar surface area (TPSA) is 76.4 Å². The average Bonchev–Trinajstić information content (AvgIpc) is 3.05. The molecule has 0 bridgehead atoms. The van der Waals surface area contributed by atoms with Gasteiger partial charge in [-0.1, -0.05) is 32.1 Å². The Kier molecular flexibility index (Phi) is 9.32. The summed E-state index contributed by atoms with van der Waals surface area (Å²) in [4.78, 5) is 11.5. The number of carbonyl (C=O) groups is 1. The molecule has 33 heavy (non-hydrogen) atoms. The van der Waals surface area contributed by atoms with Crippen molar-refractivity contribution >= 4 is 38.3 Å². The molecule has 1 aliphatic heterocycles. The minimum atomic E-state index is -3.71. The van der Waals surface area contributed by atoms with Crippen molar-refractivity contribution in [3.05, 3.63) is 53.0 Å². The number of aromatic nitrogens is 1. The number of aliphatic carboxylic acids is 1. The maximum absolute atomic E-state index is 14.4. The lowest BCUT2D eigenvalue weighted by atomic mass is 9.88. The van der Waals surface area contributed by atoms with Crippen LogP contribution in [0.3, 0.4) is 0 Å². The number of carboxylic acid groups (broad SMARTS) is 1. The summed E-state index contributed by atoms with van der Waals surface area (Å²) >= 11 is 6.05. The molecule has 0 saturated carbocycles. The van der Waals surface area contributed by atoms with Crippen LogP contribution in [0.4, 0.5) is 4.39 Å². The molecule has 0 radical (unpaired) electrons. The van der Waals surface area contributed by atoms with Crippen molar-refractivity contribution < 1.29 is 22.7 Å². The number of halogens is 2. The van der Waals surface area contributed by atoms with Crippen LogP contribution in [0.1, 0.15) is 64.1 Å². The van der Waals surface area contributed by atoms with Crippen molar-refractivity contribution in [2.75, 3.05) is 6.26 Å². The largest absolute Gasteiger partial charge is 0.481 e. The van der Waals surface area contributed by atoms with Crippen LogP contribution in [-0.2, 0) is 27.6 Å². The number of alkyl halides is 1. The Morgan fingerprint density at radius 2 is 2.03 bits per heavy atom. The lowest BCUT2D eigenvalue weighted by Gasteiger charge is -2.26. The quantitative estimate of drug-likeness (QED) is 0.363. The van der Waals surface area contributed by atoms with E-state index in [4.69, 9.17) is 11.6 Å². The first-order valence-electron chi connectivity index (χ1n) is 11.3. The summed E-state index contributed by atoms with van der Waals surface area (Å²) in [6.07, 6.45) is 8.51. The summed E-state index contributed by atoms with van der Waals surface area (Å²) in [6, 6.07) is 2.41. The molecule has 0 fully saturated rings. The predicted molar refractivity (Wildman–Crippen MR) is 132 cm³/mol. The Labute approximate surface area is 200 Å². The van der Waals surface area contributed by atoms with Crippen LogP contribution in [0.5, 0.6) is 0 Å². The van der Waals surface area contributed by atoms with E-state index in [2.05, 4.69) is 0 Å². The molecule has 1 aromatic carbocycles. The molecule has 182 valence electrons. The highest BCUT2D eigenvalue weighted by atomic mass is 35.5. The van der Waals surface area contributed by atoms with E-state index in [1.165, 1.54) is 6.07 Å². The molecule has 0 amide bonds. The van der Waals surface area contributed by atoms with Gasteiger partial charge in [0.15, 0.2) is 9.84 Å². The number of hydrogen-bond donors (Lipinski definition) is 1. The molecular weight excluding hydrogens is 465 g/mol. The summed E-state index contributed by atoms with van der Waals surface area (Å²) in [5.74, 6) is -1.80. The first kappa shape index (κ1) is 27.1. The second kappa shape index (κ2) is 11.3. The third kappa shape index (κ3) is 6.27. The molecule has 2 atom stereocenters. The van der Waals surface area contributed by atoms with Gasteiger partial charge in [0.1, 0.15) is 5.82 Å². The zero-order valence-corrected chi connectivity index (χ0v) is 21.4. The molecule has 8 heteroatoms. The lowest BCUT2D eigenvalue weighted by Crippen LogP contribution is -2.19. The molecule has 1 N–H and O–H groups in total. The fraction of sp³-hybridized carbons (Fsp3) is 0.480.